The first kappa shape index (κ1) is 17.2. The molecule has 0 unspecified atom stereocenters. The third-order valence-electron chi connectivity index (χ3n) is 4.75. The maximum Gasteiger partial charge on any atom is 0.229 e. The number of amides is 2. The Kier molecular flexibility index (Phi) is 5.49. The molecule has 2 aromatic rings. The van der Waals surface area contributed by atoms with Crippen LogP contribution in [-0.2, 0) is 16.0 Å². The zero-order valence-electron chi connectivity index (χ0n) is 14.6. The van der Waals surface area contributed by atoms with Crippen LogP contribution in [0.3, 0.4) is 0 Å². The SMILES string of the molecule is CC(=O)N1CCC[C@H](C(=O)Nc2ccccc2Cc2ccccc2)C1. The molecule has 25 heavy (non-hydrogen) atoms. The van der Waals surface area contributed by atoms with Gasteiger partial charge in [0.05, 0.1) is 5.92 Å². The van der Waals surface area contributed by atoms with E-state index in [0.29, 0.717) is 6.54 Å². The molecule has 0 aliphatic carbocycles. The van der Waals surface area contributed by atoms with Gasteiger partial charge in [-0.15, -0.1) is 0 Å². The lowest BCUT2D eigenvalue weighted by Crippen LogP contribution is -2.42. The molecule has 1 heterocycles. The Morgan fingerprint density at radius 3 is 2.56 bits per heavy atom. The summed E-state index contributed by atoms with van der Waals surface area (Å²) < 4.78 is 0. The van der Waals surface area contributed by atoms with Crippen molar-refractivity contribution in [2.45, 2.75) is 26.2 Å². The van der Waals surface area contributed by atoms with Crippen LogP contribution in [0.2, 0.25) is 0 Å². The second-order valence-electron chi connectivity index (χ2n) is 6.61. The van der Waals surface area contributed by atoms with Crippen LogP contribution < -0.4 is 5.32 Å². The van der Waals surface area contributed by atoms with Gasteiger partial charge in [0.2, 0.25) is 11.8 Å². The number of hydrogen-bond acceptors (Lipinski definition) is 2. The number of carbonyl (C=O) groups excluding carboxylic acids is 2. The van der Waals surface area contributed by atoms with Crippen molar-refractivity contribution in [3.05, 3.63) is 65.7 Å². The monoisotopic (exact) mass is 336 g/mol. The number of likely N-dealkylation sites (tertiary alicyclic amines) is 1. The molecule has 1 atom stereocenters. The third-order valence-corrected chi connectivity index (χ3v) is 4.75. The van der Waals surface area contributed by atoms with Gasteiger partial charge in [0.15, 0.2) is 0 Å². The molecule has 0 radical (unpaired) electrons. The molecule has 1 fully saturated rings. The van der Waals surface area contributed by atoms with E-state index >= 15 is 0 Å². The summed E-state index contributed by atoms with van der Waals surface area (Å²) in [7, 11) is 0. The number of carbonyl (C=O) groups is 2. The molecule has 0 bridgehead atoms. The first-order valence-electron chi connectivity index (χ1n) is 8.81. The average molecular weight is 336 g/mol. The van der Waals surface area contributed by atoms with E-state index in [-0.39, 0.29) is 17.7 Å². The number of anilines is 1. The number of rotatable bonds is 4. The minimum Gasteiger partial charge on any atom is -0.342 e. The maximum absolute atomic E-state index is 12.7. The van der Waals surface area contributed by atoms with Crippen molar-refractivity contribution in [2.75, 3.05) is 18.4 Å². The van der Waals surface area contributed by atoms with Crippen molar-refractivity contribution < 1.29 is 9.59 Å². The molecule has 3 rings (SSSR count). The Bertz CT molecular complexity index is 743. The van der Waals surface area contributed by atoms with E-state index in [9.17, 15) is 9.59 Å². The van der Waals surface area contributed by atoms with Gasteiger partial charge in [-0.3, -0.25) is 9.59 Å². The van der Waals surface area contributed by atoms with Gasteiger partial charge < -0.3 is 10.2 Å². The molecule has 4 nitrogen and oxygen atoms in total. The fraction of sp³-hybridized carbons (Fsp3) is 0.333. The summed E-state index contributed by atoms with van der Waals surface area (Å²) in [6.45, 7) is 2.83. The summed E-state index contributed by atoms with van der Waals surface area (Å²) >= 11 is 0. The summed E-state index contributed by atoms with van der Waals surface area (Å²) in [4.78, 5) is 26.0. The molecular formula is C21H24N2O2. The molecule has 0 saturated carbocycles. The van der Waals surface area contributed by atoms with Gasteiger partial charge in [-0.05, 0) is 36.5 Å². The largest absolute Gasteiger partial charge is 0.342 e. The lowest BCUT2D eigenvalue weighted by molar-refractivity contribution is -0.132. The first-order chi connectivity index (χ1) is 12.1. The van der Waals surface area contributed by atoms with Crippen molar-refractivity contribution in [1.82, 2.24) is 4.90 Å². The van der Waals surface area contributed by atoms with Crippen molar-refractivity contribution in [2.24, 2.45) is 5.92 Å². The highest BCUT2D eigenvalue weighted by molar-refractivity contribution is 5.93. The number of para-hydroxylation sites is 1. The van der Waals surface area contributed by atoms with Gasteiger partial charge in [-0.1, -0.05) is 48.5 Å². The van der Waals surface area contributed by atoms with Crippen molar-refractivity contribution in [3.63, 3.8) is 0 Å². The number of hydrogen-bond donors (Lipinski definition) is 1. The van der Waals surface area contributed by atoms with Gasteiger partial charge in [-0.25, -0.2) is 0 Å². The predicted octanol–water partition coefficient (Wildman–Crippen LogP) is 3.47. The number of nitrogens with one attached hydrogen (secondary N) is 1. The molecule has 1 aliphatic heterocycles. The van der Waals surface area contributed by atoms with Crippen LogP contribution in [0.4, 0.5) is 5.69 Å². The molecule has 0 spiro atoms. The second-order valence-corrected chi connectivity index (χ2v) is 6.61. The molecule has 1 saturated heterocycles. The van der Waals surface area contributed by atoms with Gasteiger partial charge in [0.1, 0.15) is 0 Å². The molecule has 2 aromatic carbocycles. The van der Waals surface area contributed by atoms with E-state index in [4.69, 9.17) is 0 Å². The van der Waals surface area contributed by atoms with Gasteiger partial charge in [-0.2, -0.15) is 0 Å². The van der Waals surface area contributed by atoms with E-state index in [1.54, 1.807) is 11.8 Å². The van der Waals surface area contributed by atoms with E-state index in [1.807, 2.05) is 42.5 Å². The zero-order valence-corrected chi connectivity index (χ0v) is 14.6. The van der Waals surface area contributed by atoms with Crippen LogP contribution in [0, 0.1) is 5.92 Å². The number of benzene rings is 2. The van der Waals surface area contributed by atoms with Crippen LogP contribution in [0.25, 0.3) is 0 Å². The Morgan fingerprint density at radius 1 is 1.08 bits per heavy atom. The van der Waals surface area contributed by atoms with E-state index in [0.717, 1.165) is 37.1 Å². The molecular weight excluding hydrogens is 312 g/mol. The summed E-state index contributed by atoms with van der Waals surface area (Å²) in [6, 6.07) is 18.1. The highest BCUT2D eigenvalue weighted by Crippen LogP contribution is 2.22. The Hall–Kier alpha value is -2.62. The molecule has 0 aromatic heterocycles. The summed E-state index contributed by atoms with van der Waals surface area (Å²) in [5.41, 5.74) is 3.17. The molecule has 2 amide bonds. The lowest BCUT2D eigenvalue weighted by atomic mass is 9.96. The van der Waals surface area contributed by atoms with Crippen LogP contribution in [0.1, 0.15) is 30.9 Å². The fourth-order valence-corrected chi connectivity index (χ4v) is 3.32. The van der Waals surface area contributed by atoms with Crippen molar-refractivity contribution >= 4 is 17.5 Å². The van der Waals surface area contributed by atoms with Crippen LogP contribution in [-0.4, -0.2) is 29.8 Å². The molecule has 130 valence electrons. The van der Waals surface area contributed by atoms with Gasteiger partial charge in [0.25, 0.3) is 0 Å². The zero-order chi connectivity index (χ0) is 17.6. The average Bonchev–Trinajstić information content (AvgIpc) is 2.64. The highest BCUT2D eigenvalue weighted by atomic mass is 16.2. The van der Waals surface area contributed by atoms with Crippen LogP contribution >= 0.6 is 0 Å². The normalized spacial score (nSPS) is 17.2. The minimum absolute atomic E-state index is 0.00598. The fourth-order valence-electron chi connectivity index (χ4n) is 3.32. The topological polar surface area (TPSA) is 49.4 Å². The van der Waals surface area contributed by atoms with Gasteiger partial charge >= 0.3 is 0 Å². The minimum atomic E-state index is -0.137. The van der Waals surface area contributed by atoms with Crippen molar-refractivity contribution in [1.29, 1.82) is 0 Å². The highest BCUT2D eigenvalue weighted by Gasteiger charge is 2.27. The maximum atomic E-state index is 12.7. The molecule has 4 heteroatoms. The standard InChI is InChI=1S/C21H24N2O2/c1-16(24)23-13-7-11-19(15-23)21(25)22-20-12-6-5-10-18(20)14-17-8-3-2-4-9-17/h2-6,8-10,12,19H,7,11,13-15H2,1H3,(H,22,25)/t19-/m0/s1. The van der Waals surface area contributed by atoms with E-state index in [2.05, 4.69) is 17.4 Å². The van der Waals surface area contributed by atoms with Crippen LogP contribution in [0.5, 0.6) is 0 Å². The molecule has 1 N–H and O–H groups in total. The predicted molar refractivity (Wildman–Crippen MR) is 99.3 cm³/mol. The number of piperidine rings is 1. The lowest BCUT2D eigenvalue weighted by Gasteiger charge is -2.31. The quantitative estimate of drug-likeness (QED) is 0.929. The molecule has 1 aliphatic rings. The third kappa shape index (κ3) is 4.47. The van der Waals surface area contributed by atoms with Crippen LogP contribution in [0.15, 0.2) is 54.6 Å². The first-order valence-corrected chi connectivity index (χ1v) is 8.81. The van der Waals surface area contributed by atoms with Gasteiger partial charge in [0, 0.05) is 25.7 Å². The summed E-state index contributed by atoms with van der Waals surface area (Å²) in [5, 5.41) is 3.08. The van der Waals surface area contributed by atoms with E-state index < -0.39 is 0 Å². The summed E-state index contributed by atoms with van der Waals surface area (Å²) in [6.07, 6.45) is 2.49. The van der Waals surface area contributed by atoms with Crippen molar-refractivity contribution in [3.8, 4) is 0 Å². The Morgan fingerprint density at radius 2 is 1.80 bits per heavy atom. The Balaban J connectivity index is 1.70. The summed E-state index contributed by atoms with van der Waals surface area (Å²) in [5.74, 6) is -0.0872. The Labute approximate surface area is 148 Å². The smallest absolute Gasteiger partial charge is 0.229 e. The number of nitrogens with zero attached hydrogens (tertiary/aromatic N) is 1. The van der Waals surface area contributed by atoms with E-state index in [1.165, 1.54) is 5.56 Å². The second kappa shape index (κ2) is 7.97.